The lowest BCUT2D eigenvalue weighted by Crippen LogP contribution is -2.44. The minimum absolute atomic E-state index is 0.134. The maximum absolute atomic E-state index is 10.1. The van der Waals surface area contributed by atoms with Crippen molar-refractivity contribution in [2.24, 2.45) is 17.3 Å². The van der Waals surface area contributed by atoms with Crippen molar-refractivity contribution in [2.45, 2.75) is 97.4 Å². The van der Waals surface area contributed by atoms with Crippen LogP contribution in [0, 0.1) is 17.3 Å². The predicted octanol–water partition coefficient (Wildman–Crippen LogP) is 3.10. The first-order chi connectivity index (χ1) is 10.0. The first-order valence-electron chi connectivity index (χ1n) is 8.74. The fourth-order valence-corrected chi connectivity index (χ4v) is 3.90. The maximum Gasteiger partial charge on any atom is 0.161 e. The largest absolute Gasteiger partial charge is 0.390 e. The minimum Gasteiger partial charge on any atom is -0.390 e. The Kier molecular flexibility index (Phi) is 5.28. The molecule has 0 bridgehead atoms. The Morgan fingerprint density at radius 2 is 2.00 bits per heavy atom. The van der Waals surface area contributed by atoms with E-state index in [1.54, 1.807) is 0 Å². The lowest BCUT2D eigenvalue weighted by molar-refractivity contribution is -0.255. The molecule has 130 valence electrons. The fourth-order valence-electron chi connectivity index (χ4n) is 3.90. The van der Waals surface area contributed by atoms with Crippen molar-refractivity contribution in [2.75, 3.05) is 0 Å². The molecular formula is C18H34O4. The van der Waals surface area contributed by atoms with E-state index in [0.29, 0.717) is 5.92 Å². The van der Waals surface area contributed by atoms with Crippen LogP contribution in [0.4, 0.5) is 0 Å². The summed E-state index contributed by atoms with van der Waals surface area (Å²) in [6.45, 7) is 12.1. The van der Waals surface area contributed by atoms with Crippen molar-refractivity contribution in [3.05, 3.63) is 0 Å². The lowest BCUT2D eigenvalue weighted by Gasteiger charge is -2.37. The van der Waals surface area contributed by atoms with Crippen molar-refractivity contribution < 1.29 is 19.7 Å². The second-order valence-electron chi connectivity index (χ2n) is 8.54. The smallest absolute Gasteiger partial charge is 0.161 e. The van der Waals surface area contributed by atoms with Gasteiger partial charge in [0.05, 0.1) is 23.9 Å². The average Bonchev–Trinajstić information content (AvgIpc) is 3.07. The quantitative estimate of drug-likeness (QED) is 0.791. The summed E-state index contributed by atoms with van der Waals surface area (Å²) >= 11 is 0. The molecule has 0 radical (unpaired) electrons. The third-order valence-electron chi connectivity index (χ3n) is 5.66. The third kappa shape index (κ3) is 4.22. The molecule has 0 aromatic carbocycles. The monoisotopic (exact) mass is 314 g/mol. The summed E-state index contributed by atoms with van der Waals surface area (Å²) < 4.78 is 11.9. The van der Waals surface area contributed by atoms with E-state index in [1.165, 1.54) is 0 Å². The number of rotatable bonds is 6. The van der Waals surface area contributed by atoms with Gasteiger partial charge in [0.25, 0.3) is 0 Å². The maximum atomic E-state index is 10.1. The van der Waals surface area contributed by atoms with Gasteiger partial charge in [-0.05, 0) is 64.7 Å². The Hall–Kier alpha value is -0.160. The van der Waals surface area contributed by atoms with Gasteiger partial charge in [-0.25, -0.2) is 0 Å². The fraction of sp³-hybridized carbons (Fsp3) is 1.00. The second-order valence-corrected chi connectivity index (χ2v) is 8.54. The van der Waals surface area contributed by atoms with Crippen LogP contribution in [0.2, 0.25) is 0 Å². The Morgan fingerprint density at radius 1 is 1.36 bits per heavy atom. The second kappa shape index (κ2) is 6.39. The molecule has 0 spiro atoms. The Balaban J connectivity index is 1.76. The zero-order chi connectivity index (χ0) is 16.7. The van der Waals surface area contributed by atoms with E-state index in [2.05, 4.69) is 20.8 Å². The molecular weight excluding hydrogens is 280 g/mol. The van der Waals surface area contributed by atoms with Crippen LogP contribution in [0.25, 0.3) is 0 Å². The van der Waals surface area contributed by atoms with E-state index in [1.807, 2.05) is 20.8 Å². The Morgan fingerprint density at radius 3 is 2.55 bits per heavy atom. The van der Waals surface area contributed by atoms with Crippen LogP contribution in [0.15, 0.2) is 0 Å². The highest BCUT2D eigenvalue weighted by Crippen LogP contribution is 2.60. The Labute approximate surface area is 135 Å². The van der Waals surface area contributed by atoms with Gasteiger partial charge in [-0.3, -0.25) is 0 Å². The molecule has 0 aromatic heterocycles. The summed E-state index contributed by atoms with van der Waals surface area (Å²) in [6, 6.07) is 0. The highest BCUT2D eigenvalue weighted by Gasteiger charge is 2.56. The van der Waals surface area contributed by atoms with Gasteiger partial charge < -0.3 is 19.7 Å². The van der Waals surface area contributed by atoms with Crippen LogP contribution in [0.5, 0.6) is 0 Å². The van der Waals surface area contributed by atoms with Gasteiger partial charge in [0.2, 0.25) is 0 Å². The molecule has 1 aliphatic heterocycles. The van der Waals surface area contributed by atoms with Crippen molar-refractivity contribution in [3.8, 4) is 0 Å². The summed E-state index contributed by atoms with van der Waals surface area (Å²) in [5.74, 6) is 0.613. The molecule has 0 amide bonds. The first-order valence-corrected chi connectivity index (χ1v) is 8.74. The number of aliphatic hydroxyl groups excluding tert-OH is 1. The number of hydrogen-bond donors (Lipinski definition) is 2. The molecule has 1 heterocycles. The molecule has 1 saturated carbocycles. The van der Waals surface area contributed by atoms with Crippen LogP contribution in [0.3, 0.4) is 0 Å². The highest BCUT2D eigenvalue weighted by molar-refractivity contribution is 5.05. The lowest BCUT2D eigenvalue weighted by atomic mass is 9.90. The molecule has 4 heteroatoms. The van der Waals surface area contributed by atoms with E-state index in [0.717, 1.165) is 25.7 Å². The molecule has 4 nitrogen and oxygen atoms in total. The zero-order valence-corrected chi connectivity index (χ0v) is 15.0. The number of aliphatic hydroxyl groups is 2. The van der Waals surface area contributed by atoms with Crippen molar-refractivity contribution in [1.29, 1.82) is 0 Å². The number of ether oxygens (including phenoxy) is 2. The molecule has 2 fully saturated rings. The van der Waals surface area contributed by atoms with Gasteiger partial charge in [-0.2, -0.15) is 0 Å². The van der Waals surface area contributed by atoms with Gasteiger partial charge in [-0.15, -0.1) is 0 Å². The van der Waals surface area contributed by atoms with Gasteiger partial charge in [-0.1, -0.05) is 13.8 Å². The van der Waals surface area contributed by atoms with Crippen LogP contribution < -0.4 is 0 Å². The molecule has 1 aliphatic carbocycles. The topological polar surface area (TPSA) is 58.9 Å². The Bertz CT molecular complexity index is 378. The predicted molar refractivity (Wildman–Crippen MR) is 86.4 cm³/mol. The molecule has 1 saturated heterocycles. The van der Waals surface area contributed by atoms with E-state index in [-0.39, 0.29) is 35.9 Å². The summed E-state index contributed by atoms with van der Waals surface area (Å²) in [7, 11) is 0. The van der Waals surface area contributed by atoms with E-state index >= 15 is 0 Å². The SMILES string of the molecule is C[C@H](CC[C@]1(C)C[C@H]1C(C)(C)O)O[C@@H]1O[C@@H](C)[C@H](O)C[C@H]1C. The summed E-state index contributed by atoms with van der Waals surface area (Å²) in [5, 5.41) is 20.0. The van der Waals surface area contributed by atoms with Crippen molar-refractivity contribution in [3.63, 3.8) is 0 Å². The van der Waals surface area contributed by atoms with E-state index in [4.69, 9.17) is 9.47 Å². The minimum atomic E-state index is -0.578. The first kappa shape index (κ1) is 18.2. The van der Waals surface area contributed by atoms with E-state index in [9.17, 15) is 10.2 Å². The molecule has 22 heavy (non-hydrogen) atoms. The van der Waals surface area contributed by atoms with Gasteiger partial charge in [0.15, 0.2) is 6.29 Å². The van der Waals surface area contributed by atoms with Crippen LogP contribution in [0.1, 0.15) is 67.2 Å². The molecule has 2 aliphatic rings. The standard InChI is InChI=1S/C18H34O4/c1-11-9-14(19)13(3)22-16(11)21-12(2)7-8-18(6)10-15(18)17(4,5)20/h11-16,19-20H,7-10H2,1-6H3/t11-,12-,13+,14-,15+,16-,18-/m1/s1. The summed E-state index contributed by atoms with van der Waals surface area (Å²) in [5.41, 5.74) is -0.330. The average molecular weight is 314 g/mol. The van der Waals surface area contributed by atoms with Gasteiger partial charge in [0, 0.05) is 5.92 Å². The van der Waals surface area contributed by atoms with E-state index < -0.39 is 5.60 Å². The summed E-state index contributed by atoms with van der Waals surface area (Å²) in [4.78, 5) is 0. The van der Waals surface area contributed by atoms with Crippen molar-refractivity contribution in [1.82, 2.24) is 0 Å². The van der Waals surface area contributed by atoms with Gasteiger partial charge >= 0.3 is 0 Å². The highest BCUT2D eigenvalue weighted by atomic mass is 16.7. The third-order valence-corrected chi connectivity index (χ3v) is 5.66. The van der Waals surface area contributed by atoms with Gasteiger partial charge in [0.1, 0.15) is 0 Å². The molecule has 0 aromatic rings. The summed E-state index contributed by atoms with van der Waals surface area (Å²) in [6.07, 6.45) is 3.26. The van der Waals surface area contributed by atoms with Crippen LogP contribution >= 0.6 is 0 Å². The number of hydrogen-bond acceptors (Lipinski definition) is 4. The molecule has 7 atom stereocenters. The zero-order valence-electron chi connectivity index (χ0n) is 15.0. The van der Waals surface area contributed by atoms with Crippen LogP contribution in [-0.2, 0) is 9.47 Å². The molecule has 2 rings (SSSR count). The molecule has 2 N–H and O–H groups in total. The normalized spacial score (nSPS) is 43.9. The van der Waals surface area contributed by atoms with Crippen molar-refractivity contribution >= 4 is 0 Å². The van der Waals surface area contributed by atoms with Crippen LogP contribution in [-0.4, -0.2) is 40.4 Å². The molecule has 0 unspecified atom stereocenters.